The van der Waals surface area contributed by atoms with Gasteiger partial charge in [-0.25, -0.2) is 9.59 Å². The van der Waals surface area contributed by atoms with Crippen molar-refractivity contribution in [1.29, 1.82) is 0 Å². The van der Waals surface area contributed by atoms with Crippen LogP contribution in [0.2, 0.25) is 0 Å². The summed E-state index contributed by atoms with van der Waals surface area (Å²) in [5.74, 6) is 0. The summed E-state index contributed by atoms with van der Waals surface area (Å²) < 4.78 is 31.9. The fourth-order valence-corrected chi connectivity index (χ4v) is 6.14. The van der Waals surface area contributed by atoms with Gasteiger partial charge in [-0.1, -0.05) is 42.5 Å². The van der Waals surface area contributed by atoms with Crippen molar-refractivity contribution in [3.63, 3.8) is 0 Å². The van der Waals surface area contributed by atoms with Crippen LogP contribution in [0.4, 0.5) is 9.59 Å². The van der Waals surface area contributed by atoms with Crippen LogP contribution < -0.4 is 0 Å². The fraction of sp³-hybridized carbons (Fsp3) is 0.609. The zero-order chi connectivity index (χ0) is 41.1. The third kappa shape index (κ3) is 19.0. The van der Waals surface area contributed by atoms with Gasteiger partial charge in [-0.15, -0.1) is 0 Å². The number of carbonyl (C=O) groups is 2. The molecule has 10 nitrogen and oxygen atoms in total. The van der Waals surface area contributed by atoms with Crippen molar-refractivity contribution >= 4 is 24.3 Å². The van der Waals surface area contributed by atoms with Crippen molar-refractivity contribution in [2.24, 2.45) is 0 Å². The topological polar surface area (TPSA) is 96.0 Å². The molecule has 2 aromatic rings. The molecule has 2 saturated carbocycles. The minimum atomic E-state index is -0.497. The summed E-state index contributed by atoms with van der Waals surface area (Å²) in [6.07, 6.45) is 15.7. The first-order chi connectivity index (χ1) is 26.6. The molecule has 2 amide bonds. The number of hydrogen-bond donors (Lipinski definition) is 0. The van der Waals surface area contributed by atoms with Gasteiger partial charge in [0.1, 0.15) is 11.2 Å². The molecular formula is C46H70N2O8. The third-order valence-corrected chi connectivity index (χ3v) is 8.86. The molecule has 56 heavy (non-hydrogen) atoms. The van der Waals surface area contributed by atoms with Crippen LogP contribution in [0, 0.1) is 0 Å². The van der Waals surface area contributed by atoms with E-state index >= 15 is 0 Å². The first kappa shape index (κ1) is 46.7. The Morgan fingerprint density at radius 2 is 0.946 bits per heavy atom. The second-order valence-corrected chi connectivity index (χ2v) is 16.8. The van der Waals surface area contributed by atoms with E-state index in [0.29, 0.717) is 32.3 Å². The highest BCUT2D eigenvalue weighted by atomic mass is 16.6. The van der Waals surface area contributed by atoms with Crippen LogP contribution in [0.25, 0.3) is 12.2 Å². The Morgan fingerprint density at radius 3 is 1.29 bits per heavy atom. The molecule has 0 aliphatic heterocycles. The molecule has 0 radical (unpaired) electrons. The number of carbonyl (C=O) groups excluding carboxylic acids is 2. The lowest BCUT2D eigenvalue weighted by Gasteiger charge is -2.28. The van der Waals surface area contributed by atoms with E-state index in [1.807, 2.05) is 75.6 Å². The quantitative estimate of drug-likeness (QED) is 0.123. The molecule has 2 fully saturated rings. The van der Waals surface area contributed by atoms with Crippen LogP contribution in [-0.2, 0) is 54.4 Å². The molecule has 312 valence electrons. The van der Waals surface area contributed by atoms with E-state index in [9.17, 15) is 9.59 Å². The highest BCUT2D eigenvalue weighted by molar-refractivity contribution is 5.70. The van der Waals surface area contributed by atoms with Gasteiger partial charge < -0.3 is 38.2 Å². The molecule has 0 atom stereocenters. The SMILES string of the molecule is COCC=Cc1cc(/C=C/COC)cc(CN(C(=O)OC(C)(C)C)C2CC2)c1.COCCCc1cc(CCCOC)cc(CN(C(=O)OC(C)(C)C)C2CC2)c1. The lowest BCUT2D eigenvalue weighted by Crippen LogP contribution is -2.37. The highest BCUT2D eigenvalue weighted by Gasteiger charge is 2.36. The van der Waals surface area contributed by atoms with Crippen molar-refractivity contribution in [2.45, 2.75) is 129 Å². The Labute approximate surface area is 337 Å². The van der Waals surface area contributed by atoms with Crippen molar-refractivity contribution in [3.05, 3.63) is 81.9 Å². The van der Waals surface area contributed by atoms with Crippen LogP contribution >= 0.6 is 0 Å². The van der Waals surface area contributed by atoms with Gasteiger partial charge in [-0.3, -0.25) is 0 Å². The highest BCUT2D eigenvalue weighted by Crippen LogP contribution is 2.32. The number of aryl methyl sites for hydroxylation is 2. The molecular weight excluding hydrogens is 709 g/mol. The maximum Gasteiger partial charge on any atom is 0.410 e. The maximum absolute atomic E-state index is 12.7. The van der Waals surface area contributed by atoms with Gasteiger partial charge in [0.15, 0.2) is 0 Å². The van der Waals surface area contributed by atoms with E-state index in [1.54, 1.807) is 28.4 Å². The second kappa shape index (κ2) is 23.5. The van der Waals surface area contributed by atoms with Gasteiger partial charge in [-0.2, -0.15) is 0 Å². The predicted octanol–water partition coefficient (Wildman–Crippen LogP) is 9.65. The number of hydrogen-bond acceptors (Lipinski definition) is 8. The molecule has 4 rings (SSSR count). The Hall–Kier alpha value is -3.70. The molecule has 2 aliphatic rings. The lowest BCUT2D eigenvalue weighted by atomic mass is 9.99. The summed E-state index contributed by atoms with van der Waals surface area (Å²) in [6, 6.07) is 13.7. The van der Waals surface area contributed by atoms with Crippen molar-refractivity contribution in [3.8, 4) is 0 Å². The second-order valence-electron chi connectivity index (χ2n) is 16.8. The molecule has 0 unspecified atom stereocenters. The average Bonchev–Trinajstić information content (AvgIpc) is 4.04. The van der Waals surface area contributed by atoms with E-state index in [2.05, 4.69) is 36.4 Å². The third-order valence-electron chi connectivity index (χ3n) is 8.86. The van der Waals surface area contributed by atoms with Crippen molar-refractivity contribution < 1.29 is 38.0 Å². The number of methoxy groups -OCH3 is 4. The van der Waals surface area contributed by atoms with E-state index in [0.717, 1.165) is 81.3 Å². The monoisotopic (exact) mass is 779 g/mol. The Balaban J connectivity index is 0.000000300. The summed E-state index contributed by atoms with van der Waals surface area (Å²) in [7, 11) is 6.82. The number of benzene rings is 2. The van der Waals surface area contributed by atoms with Gasteiger partial charge >= 0.3 is 12.2 Å². The molecule has 0 bridgehead atoms. The molecule has 0 saturated heterocycles. The zero-order valence-corrected chi connectivity index (χ0v) is 36.0. The normalized spacial score (nSPS) is 14.5. The minimum absolute atomic E-state index is 0.208. The summed E-state index contributed by atoms with van der Waals surface area (Å²) in [5.41, 5.74) is 6.05. The molecule has 0 aromatic heterocycles. The summed E-state index contributed by atoms with van der Waals surface area (Å²) in [6.45, 7) is 15.2. The van der Waals surface area contributed by atoms with Crippen molar-refractivity contribution in [1.82, 2.24) is 9.80 Å². The molecule has 0 spiro atoms. The first-order valence-corrected chi connectivity index (χ1v) is 20.2. The Morgan fingerprint density at radius 1 is 0.571 bits per heavy atom. The molecule has 0 heterocycles. The number of rotatable bonds is 20. The molecule has 2 aliphatic carbocycles. The maximum atomic E-state index is 12.7. The molecule has 2 aromatic carbocycles. The van der Waals surface area contributed by atoms with Crippen LogP contribution in [0.15, 0.2) is 48.6 Å². The number of ether oxygens (including phenoxy) is 6. The standard InChI is InChI=1S/C23H37NO4.C23H33NO4/c2*1-23(2,3)28-22(25)24(21-10-11-21)17-20-15-18(8-6-12-26-4)14-19(16-20)9-7-13-27-5/h14-16,21H,6-13,17H2,1-5H3;6-9,14-16,21H,10-13,17H2,1-5H3/b;8-6+,9-7?. The van der Waals surface area contributed by atoms with Gasteiger partial charge in [0.25, 0.3) is 0 Å². The fourth-order valence-electron chi connectivity index (χ4n) is 6.14. The van der Waals surface area contributed by atoms with Gasteiger partial charge in [0, 0.05) is 66.8 Å². The Kier molecular flexibility index (Phi) is 19.6. The first-order valence-electron chi connectivity index (χ1n) is 20.2. The number of amides is 2. The predicted molar refractivity (Wildman–Crippen MR) is 225 cm³/mol. The van der Waals surface area contributed by atoms with E-state index in [1.165, 1.54) is 16.7 Å². The molecule has 0 N–H and O–H groups in total. The summed E-state index contributed by atoms with van der Waals surface area (Å²) >= 11 is 0. The lowest BCUT2D eigenvalue weighted by molar-refractivity contribution is 0.0206. The molecule has 10 heteroatoms. The minimum Gasteiger partial charge on any atom is -0.444 e. The van der Waals surface area contributed by atoms with Crippen LogP contribution in [0.3, 0.4) is 0 Å². The largest absolute Gasteiger partial charge is 0.444 e. The van der Waals surface area contributed by atoms with Gasteiger partial charge in [-0.05, 0) is 144 Å². The Bertz CT molecular complexity index is 1490. The zero-order valence-electron chi connectivity index (χ0n) is 36.0. The van der Waals surface area contributed by atoms with E-state index < -0.39 is 11.2 Å². The van der Waals surface area contributed by atoms with E-state index in [4.69, 9.17) is 28.4 Å². The van der Waals surface area contributed by atoms with Gasteiger partial charge in [0.05, 0.1) is 13.2 Å². The number of nitrogens with zero attached hydrogens (tertiary/aromatic N) is 2. The van der Waals surface area contributed by atoms with Crippen LogP contribution in [0.5, 0.6) is 0 Å². The van der Waals surface area contributed by atoms with Crippen molar-refractivity contribution in [2.75, 3.05) is 54.9 Å². The average molecular weight is 779 g/mol. The van der Waals surface area contributed by atoms with Crippen LogP contribution in [-0.4, -0.2) is 100 Å². The summed E-state index contributed by atoms with van der Waals surface area (Å²) in [5, 5.41) is 0. The van der Waals surface area contributed by atoms with E-state index in [-0.39, 0.29) is 18.2 Å². The summed E-state index contributed by atoms with van der Waals surface area (Å²) in [4.78, 5) is 29.1. The van der Waals surface area contributed by atoms with Crippen LogP contribution in [0.1, 0.15) is 113 Å². The smallest absolute Gasteiger partial charge is 0.410 e. The van der Waals surface area contributed by atoms with Gasteiger partial charge in [0.2, 0.25) is 0 Å².